The maximum atomic E-state index is 6.87. The van der Waals surface area contributed by atoms with Crippen molar-refractivity contribution in [3.63, 3.8) is 0 Å². The third-order valence-corrected chi connectivity index (χ3v) is 9.99. The summed E-state index contributed by atoms with van der Waals surface area (Å²) in [5, 5.41) is 2.76. The van der Waals surface area contributed by atoms with Crippen molar-refractivity contribution in [2.75, 3.05) is 6.61 Å². The predicted octanol–water partition coefficient (Wildman–Crippen LogP) is 5.15. The van der Waals surface area contributed by atoms with Gasteiger partial charge >= 0.3 is 0 Å². The van der Waals surface area contributed by atoms with E-state index in [1.807, 2.05) is 0 Å². The van der Waals surface area contributed by atoms with E-state index in [9.17, 15) is 0 Å². The molecule has 0 saturated carbocycles. The zero-order valence-electron chi connectivity index (χ0n) is 16.5. The van der Waals surface area contributed by atoms with Gasteiger partial charge in [-0.15, -0.1) is 12.3 Å². The predicted molar refractivity (Wildman–Crippen MR) is 115 cm³/mol. The van der Waals surface area contributed by atoms with Gasteiger partial charge in [-0.05, 0) is 28.3 Å². The molecule has 0 bridgehead atoms. The van der Waals surface area contributed by atoms with Crippen LogP contribution in [0.15, 0.2) is 60.7 Å². The monoisotopic (exact) mass is 364 g/mol. The van der Waals surface area contributed by atoms with Gasteiger partial charge in [0, 0.05) is 13.0 Å². The Morgan fingerprint density at radius 1 is 0.808 bits per heavy atom. The summed E-state index contributed by atoms with van der Waals surface area (Å²) in [7, 11) is -2.36. The van der Waals surface area contributed by atoms with Gasteiger partial charge in [-0.25, -0.2) is 0 Å². The van der Waals surface area contributed by atoms with Gasteiger partial charge in [0.1, 0.15) is 0 Å². The van der Waals surface area contributed by atoms with Gasteiger partial charge in [0.2, 0.25) is 0 Å². The lowest BCUT2D eigenvalue weighted by molar-refractivity contribution is 0.286. The first-order chi connectivity index (χ1) is 12.5. The summed E-state index contributed by atoms with van der Waals surface area (Å²) in [5.41, 5.74) is 0. The molecule has 2 heteroatoms. The van der Waals surface area contributed by atoms with Crippen molar-refractivity contribution in [1.29, 1.82) is 0 Å². The van der Waals surface area contributed by atoms with Crippen molar-refractivity contribution < 1.29 is 4.43 Å². The molecule has 2 aromatic rings. The summed E-state index contributed by atoms with van der Waals surface area (Å²) in [6, 6.07) is 21.7. The van der Waals surface area contributed by atoms with E-state index in [2.05, 4.69) is 87.4 Å². The number of terminal acetylenes is 1. The molecule has 0 aliphatic carbocycles. The lowest BCUT2D eigenvalue weighted by Crippen LogP contribution is -2.66. The highest BCUT2D eigenvalue weighted by Gasteiger charge is 2.49. The van der Waals surface area contributed by atoms with E-state index < -0.39 is 8.32 Å². The molecule has 0 saturated heterocycles. The molecule has 0 atom stereocenters. The van der Waals surface area contributed by atoms with E-state index in [0.717, 1.165) is 25.9 Å². The standard InChI is InChI=1S/C24H32OSi/c1-5-6-7-8-9-16-21-25-26(24(2,3)4,22-17-12-10-13-18-22)23-19-14-11-15-20-23/h1,10-15,17-20H,6-9,16,21H2,2-4H3. The molecular formula is C24H32OSi. The van der Waals surface area contributed by atoms with E-state index in [4.69, 9.17) is 10.8 Å². The topological polar surface area (TPSA) is 9.23 Å². The van der Waals surface area contributed by atoms with Gasteiger partial charge in [-0.1, -0.05) is 94.3 Å². The molecule has 0 N–H and O–H groups in total. The number of unbranched alkanes of at least 4 members (excludes halogenated alkanes) is 4. The molecule has 0 heterocycles. The molecule has 2 rings (SSSR count). The molecule has 138 valence electrons. The van der Waals surface area contributed by atoms with Gasteiger partial charge < -0.3 is 4.43 Å². The van der Waals surface area contributed by atoms with E-state index in [1.54, 1.807) is 0 Å². The molecule has 0 fully saturated rings. The van der Waals surface area contributed by atoms with Crippen LogP contribution in [-0.4, -0.2) is 14.9 Å². The number of hydrogen-bond donors (Lipinski definition) is 0. The second-order valence-electron chi connectivity index (χ2n) is 7.88. The normalized spacial score (nSPS) is 11.9. The van der Waals surface area contributed by atoms with Gasteiger partial charge in [0.25, 0.3) is 8.32 Å². The number of rotatable bonds is 9. The SMILES string of the molecule is C#CCCCCCCO[Si](c1ccccc1)(c1ccccc1)C(C)(C)C. The van der Waals surface area contributed by atoms with Crippen LogP contribution < -0.4 is 10.4 Å². The van der Waals surface area contributed by atoms with Crippen molar-refractivity contribution in [3.8, 4) is 12.3 Å². The van der Waals surface area contributed by atoms with E-state index in [-0.39, 0.29) is 5.04 Å². The summed E-state index contributed by atoms with van der Waals surface area (Å²) in [4.78, 5) is 0. The smallest absolute Gasteiger partial charge is 0.261 e. The fourth-order valence-electron chi connectivity index (χ4n) is 3.67. The Morgan fingerprint density at radius 3 is 1.77 bits per heavy atom. The average Bonchev–Trinajstić information content (AvgIpc) is 2.64. The lowest BCUT2D eigenvalue weighted by atomic mass is 10.1. The molecule has 2 aromatic carbocycles. The first-order valence-corrected chi connectivity index (χ1v) is 11.6. The van der Waals surface area contributed by atoms with Crippen LogP contribution in [0.1, 0.15) is 52.9 Å². The summed E-state index contributed by atoms with van der Waals surface area (Å²) in [6.45, 7) is 7.79. The van der Waals surface area contributed by atoms with Gasteiger partial charge in [0.15, 0.2) is 0 Å². The van der Waals surface area contributed by atoms with E-state index >= 15 is 0 Å². The lowest BCUT2D eigenvalue weighted by Gasteiger charge is -2.43. The fraction of sp³-hybridized carbons (Fsp3) is 0.417. The Labute approximate surface area is 160 Å². The van der Waals surface area contributed by atoms with Crippen LogP contribution in [0.25, 0.3) is 0 Å². The summed E-state index contributed by atoms with van der Waals surface area (Å²) in [6.07, 6.45) is 10.8. The van der Waals surface area contributed by atoms with Crippen molar-refractivity contribution >= 4 is 18.7 Å². The first kappa shape index (κ1) is 20.5. The number of benzene rings is 2. The van der Waals surface area contributed by atoms with Crippen molar-refractivity contribution in [2.45, 2.75) is 57.9 Å². The van der Waals surface area contributed by atoms with Crippen LogP contribution in [0.2, 0.25) is 5.04 Å². The second-order valence-corrected chi connectivity index (χ2v) is 12.2. The van der Waals surface area contributed by atoms with Crippen molar-refractivity contribution in [2.24, 2.45) is 0 Å². The fourth-order valence-corrected chi connectivity index (χ4v) is 8.28. The zero-order chi connectivity index (χ0) is 18.9. The third kappa shape index (κ3) is 4.87. The first-order valence-electron chi connectivity index (χ1n) is 9.71. The maximum absolute atomic E-state index is 6.87. The minimum absolute atomic E-state index is 0.0547. The minimum Gasteiger partial charge on any atom is -0.407 e. The molecular weight excluding hydrogens is 332 g/mol. The summed E-state index contributed by atoms with van der Waals surface area (Å²) >= 11 is 0. The second kappa shape index (κ2) is 9.76. The van der Waals surface area contributed by atoms with Crippen LogP contribution in [0.4, 0.5) is 0 Å². The Kier molecular flexibility index (Phi) is 7.69. The largest absolute Gasteiger partial charge is 0.407 e. The van der Waals surface area contributed by atoms with Crippen molar-refractivity contribution in [1.82, 2.24) is 0 Å². The highest BCUT2D eigenvalue weighted by atomic mass is 28.4. The van der Waals surface area contributed by atoms with Gasteiger partial charge in [0.05, 0.1) is 0 Å². The molecule has 0 unspecified atom stereocenters. The third-order valence-electron chi connectivity index (χ3n) is 4.95. The Morgan fingerprint density at radius 2 is 1.31 bits per heavy atom. The highest BCUT2D eigenvalue weighted by Crippen LogP contribution is 2.36. The highest BCUT2D eigenvalue weighted by molar-refractivity contribution is 6.99. The maximum Gasteiger partial charge on any atom is 0.261 e. The van der Waals surface area contributed by atoms with Crippen LogP contribution in [-0.2, 0) is 4.43 Å². The Balaban J connectivity index is 2.25. The molecule has 0 radical (unpaired) electrons. The Bertz CT molecular complexity index is 640. The van der Waals surface area contributed by atoms with Crippen LogP contribution in [0.5, 0.6) is 0 Å². The summed E-state index contributed by atoms with van der Waals surface area (Å²) < 4.78 is 6.87. The van der Waals surface area contributed by atoms with Gasteiger partial charge in [-0.3, -0.25) is 0 Å². The van der Waals surface area contributed by atoms with Crippen LogP contribution in [0, 0.1) is 12.3 Å². The molecule has 0 aliphatic rings. The average molecular weight is 365 g/mol. The van der Waals surface area contributed by atoms with E-state index in [0.29, 0.717) is 0 Å². The number of hydrogen-bond acceptors (Lipinski definition) is 1. The summed E-state index contributed by atoms with van der Waals surface area (Å²) in [5.74, 6) is 2.72. The van der Waals surface area contributed by atoms with Crippen molar-refractivity contribution in [3.05, 3.63) is 60.7 Å². The van der Waals surface area contributed by atoms with Gasteiger partial charge in [-0.2, -0.15) is 0 Å². The van der Waals surface area contributed by atoms with E-state index in [1.165, 1.54) is 23.2 Å². The molecule has 0 aliphatic heterocycles. The molecule has 0 aromatic heterocycles. The Hall–Kier alpha value is -1.82. The molecule has 1 nitrogen and oxygen atoms in total. The molecule has 26 heavy (non-hydrogen) atoms. The zero-order valence-corrected chi connectivity index (χ0v) is 17.5. The molecule has 0 amide bonds. The minimum atomic E-state index is -2.36. The molecule has 0 spiro atoms. The van der Waals surface area contributed by atoms with Crippen LogP contribution >= 0.6 is 0 Å². The quantitative estimate of drug-likeness (QED) is 0.340. The van der Waals surface area contributed by atoms with Crippen LogP contribution in [0.3, 0.4) is 0 Å².